The summed E-state index contributed by atoms with van der Waals surface area (Å²) in [6.07, 6.45) is 0. The van der Waals surface area contributed by atoms with Crippen molar-refractivity contribution < 1.29 is 18.5 Å². The molecule has 0 spiro atoms. The van der Waals surface area contributed by atoms with Crippen molar-refractivity contribution in [2.24, 2.45) is 0 Å². The number of rotatable bonds is 6. The quantitative estimate of drug-likeness (QED) is 0.766. The van der Waals surface area contributed by atoms with Crippen LogP contribution in [-0.2, 0) is 22.1 Å². The summed E-state index contributed by atoms with van der Waals surface area (Å²) in [5, 5.41) is 11.0. The number of hydrogen-bond donors (Lipinski definition) is 2. The standard InChI is InChI=1S/C11H14FNO3S/c12-10-4-2-1-3-9(10)7-13-11(15)8-17(16)6-5-14/h1-4,14H,5-8H2,(H,13,15). The van der Waals surface area contributed by atoms with Crippen molar-refractivity contribution in [3.05, 3.63) is 35.6 Å². The van der Waals surface area contributed by atoms with Crippen LogP contribution in [-0.4, -0.2) is 33.3 Å². The summed E-state index contributed by atoms with van der Waals surface area (Å²) in [7, 11) is -1.37. The lowest BCUT2D eigenvalue weighted by Crippen LogP contribution is -2.29. The average molecular weight is 259 g/mol. The molecule has 1 atom stereocenters. The summed E-state index contributed by atoms with van der Waals surface area (Å²) in [6.45, 7) is -0.144. The Morgan fingerprint density at radius 1 is 1.41 bits per heavy atom. The van der Waals surface area contributed by atoms with Crippen molar-refractivity contribution in [2.75, 3.05) is 18.1 Å². The Morgan fingerprint density at radius 3 is 2.76 bits per heavy atom. The van der Waals surface area contributed by atoms with Gasteiger partial charge in [0.2, 0.25) is 5.91 Å². The molecule has 0 saturated carbocycles. The van der Waals surface area contributed by atoms with E-state index in [9.17, 15) is 13.4 Å². The van der Waals surface area contributed by atoms with Crippen molar-refractivity contribution in [3.8, 4) is 0 Å². The third-order valence-corrected chi connectivity index (χ3v) is 3.27. The van der Waals surface area contributed by atoms with Gasteiger partial charge in [0, 0.05) is 28.7 Å². The Bertz CT molecular complexity index is 411. The van der Waals surface area contributed by atoms with Gasteiger partial charge >= 0.3 is 0 Å². The normalized spacial score (nSPS) is 12.1. The molecule has 0 heterocycles. The second-order valence-electron chi connectivity index (χ2n) is 3.38. The van der Waals surface area contributed by atoms with Crippen molar-refractivity contribution in [3.63, 3.8) is 0 Å². The number of hydrogen-bond acceptors (Lipinski definition) is 3. The minimum absolute atomic E-state index is 0.0713. The summed E-state index contributed by atoms with van der Waals surface area (Å²) in [5.74, 6) is -0.897. The Labute approximate surface area is 101 Å². The van der Waals surface area contributed by atoms with E-state index in [1.54, 1.807) is 18.2 Å². The lowest BCUT2D eigenvalue weighted by Gasteiger charge is -2.05. The predicted molar refractivity (Wildman–Crippen MR) is 63.2 cm³/mol. The minimum Gasteiger partial charge on any atom is -0.395 e. The molecule has 4 nitrogen and oxygen atoms in total. The second kappa shape index (κ2) is 7.13. The molecule has 0 bridgehead atoms. The molecule has 1 unspecified atom stereocenters. The summed E-state index contributed by atoms with van der Waals surface area (Å²) in [4.78, 5) is 11.3. The summed E-state index contributed by atoms with van der Waals surface area (Å²) < 4.78 is 24.3. The number of aliphatic hydroxyl groups is 1. The van der Waals surface area contributed by atoms with E-state index >= 15 is 0 Å². The molecule has 17 heavy (non-hydrogen) atoms. The fourth-order valence-electron chi connectivity index (χ4n) is 1.21. The van der Waals surface area contributed by atoms with E-state index in [-0.39, 0.29) is 30.5 Å². The maximum absolute atomic E-state index is 13.2. The van der Waals surface area contributed by atoms with Gasteiger partial charge in [0.25, 0.3) is 0 Å². The van der Waals surface area contributed by atoms with E-state index in [2.05, 4.69) is 5.32 Å². The molecule has 0 aromatic heterocycles. The Hall–Kier alpha value is -1.27. The van der Waals surface area contributed by atoms with Gasteiger partial charge in [0.05, 0.1) is 6.61 Å². The molecule has 1 aromatic carbocycles. The summed E-state index contributed by atoms with van der Waals surface area (Å²) >= 11 is 0. The number of halogens is 1. The van der Waals surface area contributed by atoms with Crippen LogP contribution in [0.2, 0.25) is 0 Å². The molecule has 0 saturated heterocycles. The van der Waals surface area contributed by atoms with E-state index in [0.717, 1.165) is 0 Å². The molecule has 0 aliphatic rings. The second-order valence-corrected chi connectivity index (χ2v) is 4.96. The van der Waals surface area contributed by atoms with Gasteiger partial charge in [-0.2, -0.15) is 0 Å². The highest BCUT2D eigenvalue weighted by Gasteiger charge is 2.08. The Morgan fingerprint density at radius 2 is 2.12 bits per heavy atom. The summed E-state index contributed by atoms with van der Waals surface area (Å²) in [6, 6.07) is 6.12. The van der Waals surface area contributed by atoms with Gasteiger partial charge in [-0.3, -0.25) is 9.00 Å². The van der Waals surface area contributed by atoms with Gasteiger partial charge in [-0.25, -0.2) is 4.39 Å². The topological polar surface area (TPSA) is 66.4 Å². The van der Waals surface area contributed by atoms with Crippen molar-refractivity contribution in [2.45, 2.75) is 6.54 Å². The van der Waals surface area contributed by atoms with Crippen LogP contribution in [0.3, 0.4) is 0 Å². The first-order valence-corrected chi connectivity index (χ1v) is 6.58. The van der Waals surface area contributed by atoms with Crippen LogP contribution >= 0.6 is 0 Å². The molecule has 94 valence electrons. The molecule has 0 radical (unpaired) electrons. The Balaban J connectivity index is 2.38. The zero-order valence-corrected chi connectivity index (χ0v) is 10.0. The number of carbonyl (C=O) groups excluding carboxylic acids is 1. The zero-order valence-electron chi connectivity index (χ0n) is 9.19. The minimum atomic E-state index is -1.37. The highest BCUT2D eigenvalue weighted by atomic mass is 32.2. The Kier molecular flexibility index (Phi) is 5.79. The molecule has 0 aliphatic heterocycles. The monoisotopic (exact) mass is 259 g/mol. The largest absolute Gasteiger partial charge is 0.395 e. The lowest BCUT2D eigenvalue weighted by molar-refractivity contribution is -0.118. The van der Waals surface area contributed by atoms with E-state index in [1.807, 2.05) is 0 Å². The van der Waals surface area contributed by atoms with Gasteiger partial charge in [-0.15, -0.1) is 0 Å². The maximum atomic E-state index is 13.2. The zero-order chi connectivity index (χ0) is 12.7. The predicted octanol–water partition coefficient (Wildman–Crippen LogP) is 0.183. The highest BCUT2D eigenvalue weighted by Crippen LogP contribution is 2.05. The van der Waals surface area contributed by atoms with Crippen LogP contribution < -0.4 is 5.32 Å². The van der Waals surface area contributed by atoms with Crippen molar-refractivity contribution in [1.29, 1.82) is 0 Å². The van der Waals surface area contributed by atoms with E-state index in [0.29, 0.717) is 5.56 Å². The molecule has 6 heteroatoms. The molecule has 2 N–H and O–H groups in total. The lowest BCUT2D eigenvalue weighted by atomic mass is 10.2. The van der Waals surface area contributed by atoms with Gasteiger partial charge in [0.1, 0.15) is 11.6 Å². The molecular formula is C11H14FNO3S. The van der Waals surface area contributed by atoms with Crippen LogP contribution in [0, 0.1) is 5.82 Å². The van der Waals surface area contributed by atoms with E-state index in [1.165, 1.54) is 6.07 Å². The van der Waals surface area contributed by atoms with Crippen LogP contribution in [0.15, 0.2) is 24.3 Å². The van der Waals surface area contributed by atoms with E-state index in [4.69, 9.17) is 5.11 Å². The highest BCUT2D eigenvalue weighted by molar-refractivity contribution is 7.85. The first-order valence-electron chi connectivity index (χ1n) is 5.09. The van der Waals surface area contributed by atoms with Crippen LogP contribution in [0.25, 0.3) is 0 Å². The number of aliphatic hydroxyl groups excluding tert-OH is 1. The average Bonchev–Trinajstić information content (AvgIpc) is 2.28. The molecule has 0 fully saturated rings. The van der Waals surface area contributed by atoms with Gasteiger partial charge in [-0.1, -0.05) is 18.2 Å². The van der Waals surface area contributed by atoms with Gasteiger partial charge in [0.15, 0.2) is 0 Å². The van der Waals surface area contributed by atoms with Crippen LogP contribution in [0.1, 0.15) is 5.56 Å². The number of amides is 1. The first-order chi connectivity index (χ1) is 8.13. The third-order valence-electron chi connectivity index (χ3n) is 2.04. The smallest absolute Gasteiger partial charge is 0.232 e. The van der Waals surface area contributed by atoms with Crippen LogP contribution in [0.5, 0.6) is 0 Å². The number of nitrogens with one attached hydrogen (secondary N) is 1. The summed E-state index contributed by atoms with van der Waals surface area (Å²) in [5.41, 5.74) is 0.383. The van der Waals surface area contributed by atoms with Crippen molar-refractivity contribution >= 4 is 16.7 Å². The fourth-order valence-corrected chi connectivity index (χ4v) is 1.95. The molecule has 1 aromatic rings. The van der Waals surface area contributed by atoms with Crippen molar-refractivity contribution in [1.82, 2.24) is 5.32 Å². The van der Waals surface area contributed by atoms with Gasteiger partial charge in [-0.05, 0) is 6.07 Å². The third kappa shape index (κ3) is 5.06. The van der Waals surface area contributed by atoms with Gasteiger partial charge < -0.3 is 10.4 Å². The van der Waals surface area contributed by atoms with E-state index < -0.39 is 16.7 Å². The maximum Gasteiger partial charge on any atom is 0.232 e. The molecule has 0 aliphatic carbocycles. The molecule has 1 rings (SSSR count). The number of benzene rings is 1. The number of carbonyl (C=O) groups is 1. The molecular weight excluding hydrogens is 245 g/mol. The fraction of sp³-hybridized carbons (Fsp3) is 0.364. The first kappa shape index (κ1) is 13.8. The van der Waals surface area contributed by atoms with Crippen LogP contribution in [0.4, 0.5) is 4.39 Å². The SMILES string of the molecule is O=C(CS(=O)CCO)NCc1ccccc1F. The molecule has 1 amide bonds.